The number of methoxy groups -OCH3 is 1. The Morgan fingerprint density at radius 1 is 1.55 bits per heavy atom. The van der Waals surface area contributed by atoms with E-state index in [0.717, 1.165) is 25.9 Å². The van der Waals surface area contributed by atoms with Crippen molar-refractivity contribution in [3.63, 3.8) is 0 Å². The molecule has 0 spiro atoms. The Morgan fingerprint density at radius 2 is 2.15 bits per heavy atom. The minimum Gasteiger partial charge on any atom is -0.392 e. The molecule has 3 N–H and O–H groups in total. The van der Waals surface area contributed by atoms with Gasteiger partial charge in [-0.1, -0.05) is 12.2 Å². The van der Waals surface area contributed by atoms with Gasteiger partial charge >= 0.3 is 0 Å². The maximum atomic E-state index is 11.9. The highest BCUT2D eigenvalue weighted by atomic mass is 32.2. The average Bonchev–Trinajstić information content (AvgIpc) is 2.39. The van der Waals surface area contributed by atoms with Crippen molar-refractivity contribution in [1.29, 1.82) is 0 Å². The van der Waals surface area contributed by atoms with Crippen molar-refractivity contribution in [2.24, 2.45) is 5.73 Å². The van der Waals surface area contributed by atoms with Crippen LogP contribution in [0, 0.1) is 0 Å². The van der Waals surface area contributed by atoms with E-state index in [1.54, 1.807) is 18.9 Å². The van der Waals surface area contributed by atoms with Gasteiger partial charge < -0.3 is 15.8 Å². The van der Waals surface area contributed by atoms with E-state index in [1.807, 2.05) is 13.2 Å². The van der Waals surface area contributed by atoms with Gasteiger partial charge in [-0.2, -0.15) is 11.8 Å². The summed E-state index contributed by atoms with van der Waals surface area (Å²) in [6, 6.07) is 0.0409. The van der Waals surface area contributed by atoms with Crippen molar-refractivity contribution in [1.82, 2.24) is 10.2 Å². The number of carbonyl (C=O) groups excluding carboxylic acids is 1. The number of piperidine rings is 1. The van der Waals surface area contributed by atoms with Gasteiger partial charge in [0.25, 0.3) is 0 Å². The standard InChI is InChI=1S/C13H25N3O2S2/c1-10(9-18-2)15-11(17)8-16-6-4-13(20-3,5-7-16)12(14)19/h10H,4-9H2,1-3H3,(H2,14,19)(H,15,17). The minimum atomic E-state index is -0.0916. The van der Waals surface area contributed by atoms with E-state index >= 15 is 0 Å². The first-order valence-electron chi connectivity index (χ1n) is 6.79. The molecule has 5 nitrogen and oxygen atoms in total. The first kappa shape index (κ1) is 17.7. The molecule has 1 aliphatic rings. The second-order valence-electron chi connectivity index (χ2n) is 5.26. The molecule has 1 aliphatic heterocycles. The van der Waals surface area contributed by atoms with Gasteiger partial charge in [0.2, 0.25) is 5.91 Å². The van der Waals surface area contributed by atoms with Crippen LogP contribution in [0.15, 0.2) is 0 Å². The molecule has 0 bridgehead atoms. The first-order valence-corrected chi connectivity index (χ1v) is 8.42. The molecule has 7 heteroatoms. The van der Waals surface area contributed by atoms with Crippen molar-refractivity contribution in [3.8, 4) is 0 Å². The summed E-state index contributed by atoms with van der Waals surface area (Å²) in [7, 11) is 1.63. The van der Waals surface area contributed by atoms with Crippen LogP contribution in [0.25, 0.3) is 0 Å². The molecule has 1 fully saturated rings. The quantitative estimate of drug-likeness (QED) is 0.671. The SMILES string of the molecule is COCC(C)NC(=O)CN1CCC(SC)(C(N)=S)CC1. The first-order chi connectivity index (χ1) is 9.43. The van der Waals surface area contributed by atoms with E-state index in [-0.39, 0.29) is 16.7 Å². The zero-order chi connectivity index (χ0) is 15.2. The third kappa shape index (κ3) is 4.87. The maximum absolute atomic E-state index is 11.9. The molecule has 0 aromatic carbocycles. The fourth-order valence-electron chi connectivity index (χ4n) is 2.44. The second kappa shape index (κ2) is 8.17. The van der Waals surface area contributed by atoms with Gasteiger partial charge in [-0.15, -0.1) is 0 Å². The number of nitrogens with two attached hydrogens (primary N) is 1. The molecule has 1 amide bonds. The zero-order valence-corrected chi connectivity index (χ0v) is 14.1. The van der Waals surface area contributed by atoms with Crippen LogP contribution >= 0.6 is 24.0 Å². The molecular weight excluding hydrogens is 294 g/mol. The molecule has 1 atom stereocenters. The van der Waals surface area contributed by atoms with E-state index in [1.165, 1.54) is 0 Å². The number of amides is 1. The summed E-state index contributed by atoms with van der Waals surface area (Å²) in [6.45, 7) is 4.59. The Hall–Kier alpha value is -0.370. The van der Waals surface area contributed by atoms with Gasteiger partial charge in [-0.05, 0) is 26.0 Å². The minimum absolute atomic E-state index is 0.0409. The number of carbonyl (C=O) groups is 1. The van der Waals surface area contributed by atoms with Crippen LogP contribution < -0.4 is 11.1 Å². The number of hydrogen-bond donors (Lipinski definition) is 2. The lowest BCUT2D eigenvalue weighted by Gasteiger charge is -2.39. The third-order valence-corrected chi connectivity index (χ3v) is 5.62. The zero-order valence-electron chi connectivity index (χ0n) is 12.5. The number of likely N-dealkylation sites (tertiary alicyclic amines) is 1. The Labute approximate surface area is 131 Å². The lowest BCUT2D eigenvalue weighted by molar-refractivity contribution is -0.123. The summed E-state index contributed by atoms with van der Waals surface area (Å²) in [5.74, 6) is 0.0431. The lowest BCUT2D eigenvalue weighted by Crippen LogP contribution is -2.51. The predicted octanol–water partition coefficient (Wildman–Crippen LogP) is 0.621. The number of nitrogens with one attached hydrogen (secondary N) is 1. The van der Waals surface area contributed by atoms with Crippen LogP contribution in [-0.4, -0.2) is 66.2 Å². The molecule has 1 saturated heterocycles. The summed E-state index contributed by atoms with van der Waals surface area (Å²) >= 11 is 6.91. The van der Waals surface area contributed by atoms with Gasteiger partial charge in [-0.3, -0.25) is 9.69 Å². The fourth-order valence-corrected chi connectivity index (χ4v) is 3.68. The Kier molecular flexibility index (Phi) is 7.22. The highest BCUT2D eigenvalue weighted by Crippen LogP contribution is 2.34. The molecule has 0 aliphatic carbocycles. The number of ether oxygens (including phenoxy) is 1. The monoisotopic (exact) mass is 319 g/mol. The van der Waals surface area contributed by atoms with Crippen LogP contribution in [0.1, 0.15) is 19.8 Å². The van der Waals surface area contributed by atoms with Crippen molar-refractivity contribution < 1.29 is 9.53 Å². The summed E-state index contributed by atoms with van der Waals surface area (Å²) in [5.41, 5.74) is 5.86. The molecule has 0 radical (unpaired) electrons. The van der Waals surface area contributed by atoms with E-state index in [2.05, 4.69) is 10.2 Å². The van der Waals surface area contributed by atoms with E-state index in [4.69, 9.17) is 22.7 Å². The van der Waals surface area contributed by atoms with E-state index < -0.39 is 0 Å². The summed E-state index contributed by atoms with van der Waals surface area (Å²) in [4.78, 5) is 14.6. The molecule has 1 rings (SSSR count). The normalized spacial score (nSPS) is 20.4. The molecule has 0 saturated carbocycles. The number of thioether (sulfide) groups is 1. The van der Waals surface area contributed by atoms with Gasteiger partial charge in [0.15, 0.2) is 0 Å². The maximum Gasteiger partial charge on any atom is 0.234 e. The van der Waals surface area contributed by atoms with Crippen molar-refractivity contribution in [3.05, 3.63) is 0 Å². The van der Waals surface area contributed by atoms with Crippen molar-refractivity contribution in [2.75, 3.05) is 39.6 Å². The fraction of sp³-hybridized carbons (Fsp3) is 0.846. The average molecular weight is 319 g/mol. The number of rotatable bonds is 7. The molecule has 1 unspecified atom stereocenters. The Morgan fingerprint density at radius 3 is 2.60 bits per heavy atom. The lowest BCUT2D eigenvalue weighted by atomic mass is 9.95. The highest BCUT2D eigenvalue weighted by Gasteiger charge is 2.36. The third-order valence-electron chi connectivity index (χ3n) is 3.69. The van der Waals surface area contributed by atoms with Gasteiger partial charge in [0.1, 0.15) is 0 Å². The van der Waals surface area contributed by atoms with Crippen molar-refractivity contribution in [2.45, 2.75) is 30.6 Å². The molecule has 1 heterocycles. The topological polar surface area (TPSA) is 67.6 Å². The largest absolute Gasteiger partial charge is 0.392 e. The van der Waals surface area contributed by atoms with E-state index in [9.17, 15) is 4.79 Å². The smallest absolute Gasteiger partial charge is 0.234 e. The summed E-state index contributed by atoms with van der Waals surface area (Å²) in [5, 5.41) is 2.92. The summed E-state index contributed by atoms with van der Waals surface area (Å²) < 4.78 is 4.91. The summed E-state index contributed by atoms with van der Waals surface area (Å²) in [6.07, 6.45) is 3.86. The molecule has 20 heavy (non-hydrogen) atoms. The second-order valence-corrected chi connectivity index (χ2v) is 6.89. The van der Waals surface area contributed by atoms with Crippen LogP contribution in [-0.2, 0) is 9.53 Å². The van der Waals surface area contributed by atoms with Crippen LogP contribution in [0.2, 0.25) is 0 Å². The van der Waals surface area contributed by atoms with Crippen LogP contribution in [0.3, 0.4) is 0 Å². The van der Waals surface area contributed by atoms with Crippen LogP contribution in [0.4, 0.5) is 0 Å². The van der Waals surface area contributed by atoms with Crippen molar-refractivity contribution >= 4 is 34.9 Å². The molecule has 116 valence electrons. The highest BCUT2D eigenvalue weighted by molar-refractivity contribution is 8.02. The predicted molar refractivity (Wildman–Crippen MR) is 88.2 cm³/mol. The number of nitrogens with zero attached hydrogens (tertiary/aromatic N) is 1. The Bertz CT molecular complexity index is 345. The molecule has 0 aromatic heterocycles. The van der Waals surface area contributed by atoms with Gasteiger partial charge in [0.05, 0.1) is 22.9 Å². The van der Waals surface area contributed by atoms with Gasteiger partial charge in [-0.25, -0.2) is 0 Å². The Balaban J connectivity index is 2.39. The molecule has 0 aromatic rings. The van der Waals surface area contributed by atoms with E-state index in [0.29, 0.717) is 18.1 Å². The number of thiocarbonyl (C=S) groups is 1. The van der Waals surface area contributed by atoms with Crippen LogP contribution in [0.5, 0.6) is 0 Å². The molecular formula is C13H25N3O2S2. The van der Waals surface area contributed by atoms with Gasteiger partial charge in [0, 0.05) is 26.2 Å². The number of hydrogen-bond acceptors (Lipinski definition) is 5.